The number of carbonyl (C=O) groups excluding carboxylic acids is 1. The number of hydrogen-bond acceptors (Lipinski definition) is 5. The quantitative estimate of drug-likeness (QED) is 0.811. The molecule has 0 spiro atoms. The summed E-state index contributed by atoms with van der Waals surface area (Å²) in [6.07, 6.45) is 0.721. The van der Waals surface area contributed by atoms with Gasteiger partial charge in [-0.1, -0.05) is 12.1 Å². The van der Waals surface area contributed by atoms with Crippen molar-refractivity contribution in [3.63, 3.8) is 0 Å². The van der Waals surface area contributed by atoms with Crippen molar-refractivity contribution in [2.24, 2.45) is 0 Å². The zero-order valence-electron chi connectivity index (χ0n) is 15.0. The lowest BCUT2D eigenvalue weighted by molar-refractivity contribution is -0.991. The van der Waals surface area contributed by atoms with E-state index in [0.717, 1.165) is 23.1 Å². The van der Waals surface area contributed by atoms with Crippen LogP contribution >= 0.6 is 0 Å². The third-order valence-corrected chi connectivity index (χ3v) is 4.75. The molecule has 1 heterocycles. The lowest BCUT2D eigenvalue weighted by Crippen LogP contribution is -2.99. The minimum Gasteiger partial charge on any atom is -0.595 e. The monoisotopic (exact) mass is 358 g/mol. The van der Waals surface area contributed by atoms with Crippen molar-refractivity contribution in [2.75, 3.05) is 20.8 Å². The number of hydrogen-bond donors (Lipinski definition) is 2. The summed E-state index contributed by atoms with van der Waals surface area (Å²) >= 11 is 0. The van der Waals surface area contributed by atoms with Crippen LogP contribution in [0.1, 0.15) is 29.7 Å². The molecule has 138 valence electrons. The molecular weight excluding hydrogens is 336 g/mol. The fourth-order valence-corrected chi connectivity index (χ4v) is 3.45. The molecule has 0 saturated carbocycles. The molecule has 2 aromatic rings. The van der Waals surface area contributed by atoms with E-state index in [1.165, 1.54) is 0 Å². The highest BCUT2D eigenvalue weighted by atomic mass is 16.8. The minimum atomic E-state index is -0.976. The van der Waals surface area contributed by atoms with Gasteiger partial charge in [0.25, 0.3) is 0 Å². The Balaban J connectivity index is 2.12. The second kappa shape index (κ2) is 7.33. The molecule has 0 fully saturated rings. The number of quaternary nitrogens is 1. The smallest absolute Gasteiger partial charge is 0.220 e. The summed E-state index contributed by atoms with van der Waals surface area (Å²) in [4.78, 5) is 14.0. The van der Waals surface area contributed by atoms with E-state index in [2.05, 4.69) is 0 Å². The number of amides is 1. The molecule has 0 saturated heterocycles. The van der Waals surface area contributed by atoms with Gasteiger partial charge in [0.05, 0.1) is 20.3 Å². The number of nitrogens with zero attached hydrogens (tertiary/aromatic N) is 1. The highest BCUT2D eigenvalue weighted by molar-refractivity contribution is 5.75. The van der Waals surface area contributed by atoms with Gasteiger partial charge in [0.1, 0.15) is 0 Å². The van der Waals surface area contributed by atoms with E-state index in [1.54, 1.807) is 50.3 Å². The molecule has 7 nitrogen and oxygen atoms in total. The molecule has 1 unspecified atom stereocenters. The Hall–Kier alpha value is -2.61. The molecule has 3 rings (SSSR count). The molecule has 0 bridgehead atoms. The Morgan fingerprint density at radius 1 is 1.19 bits per heavy atom. The molecule has 2 aromatic carbocycles. The molecule has 1 aliphatic rings. The van der Waals surface area contributed by atoms with Gasteiger partial charge in [-0.2, -0.15) is 5.23 Å². The second-order valence-corrected chi connectivity index (χ2v) is 6.20. The fourth-order valence-electron chi connectivity index (χ4n) is 3.45. The predicted molar refractivity (Wildman–Crippen MR) is 94.7 cm³/mol. The minimum absolute atomic E-state index is 0.0299. The van der Waals surface area contributed by atoms with Gasteiger partial charge < -0.3 is 19.6 Å². The van der Waals surface area contributed by atoms with Crippen molar-refractivity contribution in [3.05, 3.63) is 58.3 Å². The topological polar surface area (TPSA) is 86.5 Å². The van der Waals surface area contributed by atoms with Gasteiger partial charge in [0, 0.05) is 25.6 Å². The summed E-state index contributed by atoms with van der Waals surface area (Å²) in [6, 6.07) is 10.2. The van der Waals surface area contributed by atoms with Crippen molar-refractivity contribution in [2.45, 2.75) is 19.4 Å². The van der Waals surface area contributed by atoms with E-state index < -0.39 is 5.23 Å². The first-order valence-corrected chi connectivity index (χ1v) is 8.31. The van der Waals surface area contributed by atoms with E-state index in [9.17, 15) is 10.0 Å². The Bertz CT molecular complexity index is 804. The van der Waals surface area contributed by atoms with Crippen molar-refractivity contribution in [1.29, 1.82) is 0 Å². The Labute approximate surface area is 151 Å². The van der Waals surface area contributed by atoms with E-state index in [4.69, 9.17) is 14.7 Å². The number of rotatable bonds is 4. The summed E-state index contributed by atoms with van der Waals surface area (Å²) in [5.74, 6) is 1.23. The molecule has 0 aromatic heterocycles. The van der Waals surface area contributed by atoms with E-state index in [-0.39, 0.29) is 17.6 Å². The van der Waals surface area contributed by atoms with Gasteiger partial charge in [-0.3, -0.25) is 4.79 Å². The summed E-state index contributed by atoms with van der Waals surface area (Å²) in [6.45, 7) is 2.13. The lowest BCUT2D eigenvalue weighted by Gasteiger charge is -2.37. The third-order valence-electron chi connectivity index (χ3n) is 4.75. The van der Waals surface area contributed by atoms with Crippen LogP contribution < -0.4 is 14.7 Å². The molecule has 1 amide bonds. The van der Waals surface area contributed by atoms with E-state index in [1.807, 2.05) is 12.1 Å². The molecule has 1 aliphatic heterocycles. The summed E-state index contributed by atoms with van der Waals surface area (Å²) in [5.41, 5.74) is 3.13. The first-order valence-electron chi connectivity index (χ1n) is 8.31. The number of methoxy groups -OCH3 is 2. The molecule has 26 heavy (non-hydrogen) atoms. The van der Waals surface area contributed by atoms with Crippen molar-refractivity contribution >= 4 is 11.6 Å². The van der Waals surface area contributed by atoms with Crippen LogP contribution in [0.15, 0.2) is 36.4 Å². The molecule has 2 N–H and O–H groups in total. The van der Waals surface area contributed by atoms with E-state index >= 15 is 0 Å². The Kier molecular flexibility index (Phi) is 5.13. The largest absolute Gasteiger partial charge is 0.595 e. The summed E-state index contributed by atoms with van der Waals surface area (Å²) in [7, 11) is 3.17. The zero-order valence-corrected chi connectivity index (χ0v) is 15.0. The van der Waals surface area contributed by atoms with Gasteiger partial charge in [-0.05, 0) is 35.2 Å². The fraction of sp³-hybridized carbons (Fsp3) is 0.316. The highest BCUT2D eigenvalue weighted by Crippen LogP contribution is 2.41. The van der Waals surface area contributed by atoms with Crippen molar-refractivity contribution < 1.29 is 24.7 Å². The molecule has 7 heteroatoms. The number of nitrogens with one attached hydrogen (secondary N) is 1. The molecule has 2 atom stereocenters. The number of ether oxygens (including phenoxy) is 2. The summed E-state index contributed by atoms with van der Waals surface area (Å²) in [5, 5.41) is 19.3. The SMILES string of the molecule is COc1cc2c(cc1OC)[C@H](c1ccc([NH+]([O-])O)cc1)N(C(C)=O)CC2. The normalized spacial score (nSPS) is 17.4. The molecular formula is C19H22N2O5. The van der Waals surface area contributed by atoms with Crippen LogP contribution in [0.4, 0.5) is 5.69 Å². The van der Waals surface area contributed by atoms with E-state index in [0.29, 0.717) is 18.0 Å². The van der Waals surface area contributed by atoms with Crippen LogP contribution in [0.25, 0.3) is 0 Å². The lowest BCUT2D eigenvalue weighted by atomic mass is 9.87. The van der Waals surface area contributed by atoms with Gasteiger partial charge in [-0.25, -0.2) is 5.21 Å². The first kappa shape index (κ1) is 18.2. The predicted octanol–water partition coefficient (Wildman–Crippen LogP) is 1.60. The van der Waals surface area contributed by atoms with Crippen molar-refractivity contribution in [1.82, 2.24) is 4.90 Å². The third kappa shape index (κ3) is 3.24. The maximum Gasteiger partial charge on any atom is 0.220 e. The maximum atomic E-state index is 12.2. The van der Waals surface area contributed by atoms with Crippen LogP contribution in [-0.4, -0.2) is 36.8 Å². The van der Waals surface area contributed by atoms with Crippen LogP contribution in [0.2, 0.25) is 0 Å². The van der Waals surface area contributed by atoms with Crippen LogP contribution in [0.5, 0.6) is 11.5 Å². The van der Waals surface area contributed by atoms with Gasteiger partial charge in [0.15, 0.2) is 17.2 Å². The van der Waals surface area contributed by atoms with Crippen LogP contribution in [0, 0.1) is 5.21 Å². The average molecular weight is 358 g/mol. The zero-order chi connectivity index (χ0) is 18.8. The second-order valence-electron chi connectivity index (χ2n) is 6.20. The summed E-state index contributed by atoms with van der Waals surface area (Å²) < 4.78 is 10.8. The molecule has 0 radical (unpaired) electrons. The number of benzene rings is 2. The number of fused-ring (bicyclic) bond motifs is 1. The van der Waals surface area contributed by atoms with Gasteiger partial charge in [0.2, 0.25) is 5.91 Å². The molecule has 0 aliphatic carbocycles. The van der Waals surface area contributed by atoms with Gasteiger partial charge in [-0.15, -0.1) is 0 Å². The number of carbonyl (C=O) groups is 1. The Morgan fingerprint density at radius 3 is 2.35 bits per heavy atom. The maximum absolute atomic E-state index is 12.2. The van der Waals surface area contributed by atoms with Crippen molar-refractivity contribution in [3.8, 4) is 11.5 Å². The van der Waals surface area contributed by atoms with Crippen LogP contribution in [-0.2, 0) is 11.2 Å². The average Bonchev–Trinajstić information content (AvgIpc) is 2.65. The van der Waals surface area contributed by atoms with Crippen LogP contribution in [0.3, 0.4) is 0 Å². The van der Waals surface area contributed by atoms with Gasteiger partial charge >= 0.3 is 0 Å². The standard InChI is InChI=1S/C19H22N2O5/c1-12(22)20-9-8-14-10-17(25-2)18(26-3)11-16(14)19(20)13-4-6-15(7-5-13)21(23)24/h4-7,10-11,19,21,23H,8-9H2,1-3H3/t19-/m0/s1. The Morgan fingerprint density at radius 2 is 1.81 bits per heavy atom. The first-order chi connectivity index (χ1) is 12.5. The highest BCUT2D eigenvalue weighted by Gasteiger charge is 2.32.